The van der Waals surface area contributed by atoms with Gasteiger partial charge in [0.1, 0.15) is 5.75 Å². The topological polar surface area (TPSA) is 99.3 Å². The number of halogens is 1. The Hall–Kier alpha value is -3.04. The first-order valence-corrected chi connectivity index (χ1v) is 9.74. The maximum Gasteiger partial charge on any atom is 0.271 e. The number of imidazole rings is 1. The number of thioether (sulfide) groups is 1. The van der Waals surface area contributed by atoms with E-state index in [0.717, 1.165) is 11.4 Å². The van der Waals surface area contributed by atoms with Crippen molar-refractivity contribution in [1.82, 2.24) is 9.55 Å². The van der Waals surface area contributed by atoms with Crippen LogP contribution in [0.25, 0.3) is 5.69 Å². The molecular formula is C19H17ClN4O4S. The number of rotatable bonds is 7. The van der Waals surface area contributed by atoms with Crippen molar-refractivity contribution in [2.45, 2.75) is 17.3 Å². The first-order chi connectivity index (χ1) is 13.9. The van der Waals surface area contributed by atoms with Crippen LogP contribution in [0.3, 0.4) is 0 Å². The molecule has 1 N–H and O–H groups in total. The zero-order valence-corrected chi connectivity index (χ0v) is 17.1. The Morgan fingerprint density at radius 2 is 2.03 bits per heavy atom. The van der Waals surface area contributed by atoms with Crippen molar-refractivity contribution in [2.24, 2.45) is 0 Å². The third kappa shape index (κ3) is 4.87. The van der Waals surface area contributed by atoms with Gasteiger partial charge in [-0.05, 0) is 37.3 Å². The van der Waals surface area contributed by atoms with E-state index in [2.05, 4.69) is 10.3 Å². The molecule has 8 nitrogen and oxygen atoms in total. The molecule has 10 heteroatoms. The van der Waals surface area contributed by atoms with Crippen molar-refractivity contribution < 1.29 is 14.5 Å². The van der Waals surface area contributed by atoms with Gasteiger partial charge in [-0.1, -0.05) is 23.4 Å². The average molecular weight is 433 g/mol. The molecule has 1 amide bonds. The summed E-state index contributed by atoms with van der Waals surface area (Å²) in [7, 11) is 1.60. The minimum absolute atomic E-state index is 0.101. The van der Waals surface area contributed by atoms with Crippen molar-refractivity contribution in [3.63, 3.8) is 0 Å². The van der Waals surface area contributed by atoms with E-state index < -0.39 is 10.2 Å². The molecule has 2 aromatic carbocycles. The van der Waals surface area contributed by atoms with Gasteiger partial charge in [-0.2, -0.15) is 0 Å². The number of non-ortho nitro benzene ring substituents is 1. The number of benzene rings is 2. The second-order valence-corrected chi connectivity index (χ2v) is 7.66. The molecule has 1 heterocycles. The summed E-state index contributed by atoms with van der Waals surface area (Å²) in [6.07, 6.45) is 3.46. The van der Waals surface area contributed by atoms with Gasteiger partial charge in [0, 0.05) is 30.2 Å². The molecule has 0 spiro atoms. The van der Waals surface area contributed by atoms with E-state index in [1.54, 1.807) is 20.2 Å². The van der Waals surface area contributed by atoms with Crippen molar-refractivity contribution in [3.05, 3.63) is 70.0 Å². The lowest BCUT2D eigenvalue weighted by molar-refractivity contribution is -0.384. The Balaban J connectivity index is 1.70. The number of aromatic nitrogens is 2. The lowest BCUT2D eigenvalue weighted by atomic mass is 10.2. The van der Waals surface area contributed by atoms with Gasteiger partial charge in [-0.25, -0.2) is 4.98 Å². The number of nitrogens with zero attached hydrogens (tertiary/aromatic N) is 3. The van der Waals surface area contributed by atoms with E-state index in [1.807, 2.05) is 35.0 Å². The van der Waals surface area contributed by atoms with Gasteiger partial charge in [0.25, 0.3) is 5.69 Å². The fourth-order valence-electron chi connectivity index (χ4n) is 2.48. The second-order valence-electron chi connectivity index (χ2n) is 5.95. The molecule has 150 valence electrons. The molecule has 0 saturated heterocycles. The Morgan fingerprint density at radius 3 is 2.66 bits per heavy atom. The van der Waals surface area contributed by atoms with Crippen molar-refractivity contribution in [1.29, 1.82) is 0 Å². The molecule has 0 fully saturated rings. The number of carbonyl (C=O) groups excluding carboxylic acids is 1. The molecule has 1 aromatic heterocycles. The van der Waals surface area contributed by atoms with E-state index >= 15 is 0 Å². The maximum absolute atomic E-state index is 12.6. The van der Waals surface area contributed by atoms with E-state index in [9.17, 15) is 14.9 Å². The van der Waals surface area contributed by atoms with Crippen LogP contribution in [-0.2, 0) is 4.79 Å². The first-order valence-electron chi connectivity index (χ1n) is 8.48. The molecule has 1 atom stereocenters. The average Bonchev–Trinajstić information content (AvgIpc) is 3.17. The molecule has 3 aromatic rings. The third-order valence-corrected chi connectivity index (χ3v) is 5.42. The Labute approximate surface area is 176 Å². The van der Waals surface area contributed by atoms with Crippen LogP contribution in [0.5, 0.6) is 5.75 Å². The van der Waals surface area contributed by atoms with Crippen LogP contribution >= 0.6 is 23.4 Å². The summed E-state index contributed by atoms with van der Waals surface area (Å²) < 4.78 is 7.04. The largest absolute Gasteiger partial charge is 0.497 e. The molecule has 1 unspecified atom stereocenters. The molecule has 29 heavy (non-hydrogen) atoms. The monoisotopic (exact) mass is 432 g/mol. The smallest absolute Gasteiger partial charge is 0.271 e. The number of amides is 1. The van der Waals surface area contributed by atoms with Crippen LogP contribution < -0.4 is 10.1 Å². The van der Waals surface area contributed by atoms with Crippen LogP contribution in [0.4, 0.5) is 11.4 Å². The van der Waals surface area contributed by atoms with Crippen molar-refractivity contribution in [2.75, 3.05) is 12.4 Å². The van der Waals surface area contributed by atoms with Gasteiger partial charge < -0.3 is 10.1 Å². The number of hydrogen-bond acceptors (Lipinski definition) is 6. The van der Waals surface area contributed by atoms with Gasteiger partial charge in [0.15, 0.2) is 5.16 Å². The first kappa shape index (κ1) is 20.7. The SMILES string of the molecule is COc1ccc(-n2ccnc2SC(C)C(=O)Nc2ccc([N+](=O)[O-])cc2Cl)cc1. The Bertz CT molecular complexity index is 1040. The highest BCUT2D eigenvalue weighted by Crippen LogP contribution is 2.29. The van der Waals surface area contributed by atoms with Crippen LogP contribution in [0.1, 0.15) is 6.92 Å². The quantitative estimate of drug-likeness (QED) is 0.333. The van der Waals surface area contributed by atoms with Gasteiger partial charge in [-0.3, -0.25) is 19.5 Å². The summed E-state index contributed by atoms with van der Waals surface area (Å²) in [5.41, 5.74) is 1.06. The highest BCUT2D eigenvalue weighted by atomic mass is 35.5. The highest BCUT2D eigenvalue weighted by Gasteiger charge is 2.19. The van der Waals surface area contributed by atoms with Crippen molar-refractivity contribution >= 4 is 40.6 Å². The molecule has 3 rings (SSSR count). The summed E-state index contributed by atoms with van der Waals surface area (Å²) in [4.78, 5) is 27.1. The van der Waals surface area contributed by atoms with Crippen LogP contribution in [0.2, 0.25) is 5.02 Å². The molecule has 0 aliphatic carbocycles. The fourth-order valence-corrected chi connectivity index (χ4v) is 3.59. The molecule has 0 radical (unpaired) electrons. The minimum atomic E-state index is -0.547. The van der Waals surface area contributed by atoms with Gasteiger partial charge >= 0.3 is 0 Å². The van der Waals surface area contributed by atoms with E-state index in [4.69, 9.17) is 16.3 Å². The van der Waals surface area contributed by atoms with E-state index in [0.29, 0.717) is 10.8 Å². The molecule has 0 saturated carbocycles. The molecule has 0 bridgehead atoms. The van der Waals surface area contributed by atoms with E-state index in [1.165, 1.54) is 30.0 Å². The standard InChI is InChI=1S/C19H17ClN4O4S/c1-12(18(25)22-17-8-5-14(24(26)27)11-16(17)20)29-19-21-9-10-23(19)13-3-6-15(28-2)7-4-13/h3-12H,1-2H3,(H,22,25). The summed E-state index contributed by atoms with van der Waals surface area (Å²) in [6, 6.07) is 11.4. The zero-order chi connectivity index (χ0) is 21.0. The summed E-state index contributed by atoms with van der Waals surface area (Å²) in [5, 5.41) is 13.8. The molecular weight excluding hydrogens is 416 g/mol. The molecule has 0 aliphatic rings. The van der Waals surface area contributed by atoms with Crippen LogP contribution in [0.15, 0.2) is 60.0 Å². The lowest BCUT2D eigenvalue weighted by Gasteiger charge is -2.14. The predicted octanol–water partition coefficient (Wildman–Crippen LogP) is 4.56. The summed E-state index contributed by atoms with van der Waals surface area (Å²) >= 11 is 7.32. The van der Waals surface area contributed by atoms with Gasteiger partial charge in [-0.15, -0.1) is 0 Å². The summed E-state index contributed by atoms with van der Waals surface area (Å²) in [6.45, 7) is 1.74. The number of methoxy groups -OCH3 is 1. The third-order valence-electron chi connectivity index (χ3n) is 4.03. The Morgan fingerprint density at radius 1 is 1.31 bits per heavy atom. The second kappa shape index (κ2) is 8.97. The normalized spacial score (nSPS) is 11.7. The number of nitro benzene ring substituents is 1. The number of anilines is 1. The predicted molar refractivity (Wildman–Crippen MR) is 112 cm³/mol. The van der Waals surface area contributed by atoms with Gasteiger partial charge in [0.05, 0.1) is 28.0 Å². The van der Waals surface area contributed by atoms with Crippen molar-refractivity contribution in [3.8, 4) is 11.4 Å². The zero-order valence-electron chi connectivity index (χ0n) is 15.5. The summed E-state index contributed by atoms with van der Waals surface area (Å²) in [5.74, 6) is 0.450. The molecule has 0 aliphatic heterocycles. The van der Waals surface area contributed by atoms with Gasteiger partial charge in [0.2, 0.25) is 5.91 Å². The number of nitrogens with one attached hydrogen (secondary N) is 1. The number of hydrogen-bond donors (Lipinski definition) is 1. The number of carbonyl (C=O) groups is 1. The van der Waals surface area contributed by atoms with Crippen LogP contribution in [0, 0.1) is 10.1 Å². The lowest BCUT2D eigenvalue weighted by Crippen LogP contribution is -2.23. The minimum Gasteiger partial charge on any atom is -0.497 e. The highest BCUT2D eigenvalue weighted by molar-refractivity contribution is 8.00. The fraction of sp³-hybridized carbons (Fsp3) is 0.158. The number of ether oxygens (including phenoxy) is 1. The van der Waals surface area contributed by atoms with E-state index in [-0.39, 0.29) is 16.6 Å². The maximum atomic E-state index is 12.6. The van der Waals surface area contributed by atoms with Crippen LogP contribution in [-0.4, -0.2) is 32.7 Å². The Kier molecular flexibility index (Phi) is 6.40. The number of nitro groups is 1.